The lowest BCUT2D eigenvalue weighted by Crippen LogP contribution is -2.22. The number of alkyl halides is 3. The van der Waals surface area contributed by atoms with Crippen molar-refractivity contribution in [2.45, 2.75) is 78.3 Å². The minimum absolute atomic E-state index is 0. The highest BCUT2D eigenvalue weighted by molar-refractivity contribution is 5.55. The average Bonchev–Trinajstić information content (AvgIpc) is 2.81. The Morgan fingerprint density at radius 2 is 0.974 bits per heavy atom. The molecule has 6 N–H and O–H groups in total. The molecular formula is C31H43F4N3O. The van der Waals surface area contributed by atoms with Gasteiger partial charge in [-0.2, -0.15) is 13.2 Å². The fourth-order valence-corrected chi connectivity index (χ4v) is 4.15. The first-order valence-corrected chi connectivity index (χ1v) is 12.7. The molecule has 4 nitrogen and oxygen atoms in total. The summed E-state index contributed by atoms with van der Waals surface area (Å²) in [5, 5.41) is 0. The molecule has 0 spiro atoms. The van der Waals surface area contributed by atoms with E-state index in [0.717, 1.165) is 23.1 Å². The van der Waals surface area contributed by atoms with Crippen LogP contribution in [0.5, 0.6) is 0 Å². The number of halogens is 4. The maximum absolute atomic E-state index is 13.9. The van der Waals surface area contributed by atoms with E-state index in [1.54, 1.807) is 24.3 Å². The van der Waals surface area contributed by atoms with E-state index < -0.39 is 12.1 Å². The van der Waals surface area contributed by atoms with Gasteiger partial charge in [0.25, 0.3) is 0 Å². The first kappa shape index (κ1) is 35.5. The van der Waals surface area contributed by atoms with Gasteiger partial charge < -0.3 is 22.0 Å². The van der Waals surface area contributed by atoms with Crippen molar-refractivity contribution in [3.63, 3.8) is 0 Å². The van der Waals surface area contributed by atoms with Gasteiger partial charge in [0.15, 0.2) is 0 Å². The van der Waals surface area contributed by atoms with Gasteiger partial charge >= 0.3 is 6.18 Å². The van der Waals surface area contributed by atoms with Crippen LogP contribution in [0.1, 0.15) is 100.0 Å². The molecule has 0 heterocycles. The van der Waals surface area contributed by atoms with E-state index in [1.165, 1.54) is 24.6 Å². The summed E-state index contributed by atoms with van der Waals surface area (Å²) in [6.07, 6.45) is -3.66. The van der Waals surface area contributed by atoms with Crippen molar-refractivity contribution in [3.05, 3.63) is 88.5 Å². The van der Waals surface area contributed by atoms with Gasteiger partial charge in [0.2, 0.25) is 0 Å². The molecule has 0 fully saturated rings. The summed E-state index contributed by atoms with van der Waals surface area (Å²) in [6, 6.07) is 17.2. The number of carbonyl (C=O) groups excluding carboxylic acids is 1. The molecule has 3 rings (SSSR count). The van der Waals surface area contributed by atoms with Gasteiger partial charge in [0.05, 0.1) is 0 Å². The molecule has 39 heavy (non-hydrogen) atoms. The lowest BCUT2D eigenvalue weighted by molar-refractivity contribution is -0.141. The second kappa shape index (κ2) is 15.8. The summed E-state index contributed by atoms with van der Waals surface area (Å²) >= 11 is 0. The van der Waals surface area contributed by atoms with Crippen LogP contribution < -0.4 is 17.2 Å². The van der Waals surface area contributed by atoms with Crippen molar-refractivity contribution in [2.75, 3.05) is 17.2 Å². The minimum atomic E-state index is -4.41. The Labute approximate surface area is 230 Å². The van der Waals surface area contributed by atoms with E-state index in [0.29, 0.717) is 17.3 Å². The third-order valence-corrected chi connectivity index (χ3v) is 6.08. The predicted molar refractivity (Wildman–Crippen MR) is 157 cm³/mol. The van der Waals surface area contributed by atoms with Crippen LogP contribution in [0.25, 0.3) is 0 Å². The third kappa shape index (κ3) is 10.3. The number of nitrogen functional groups attached to an aromatic ring is 3. The highest BCUT2D eigenvalue weighted by Crippen LogP contribution is 2.42. The number of para-hydroxylation sites is 1. The molecule has 0 amide bonds. The van der Waals surface area contributed by atoms with Crippen molar-refractivity contribution in [1.82, 2.24) is 0 Å². The zero-order chi connectivity index (χ0) is 29.2. The first-order chi connectivity index (χ1) is 17.6. The standard InChI is InChI=1S/C20H25F3N2.C9H13N.C2H4O.FH/c1-11(2)15-9-13(5-7-17(15)24)19(20(21,22)23)14-6-8-18(25)16(10-14)12(3)4;1-7(2)8-5-3-4-6-9(8)10;1-2-3;/h5-12,19H,24-25H2,1-4H3;3-7H,10H2,1-2H3;2H,1H3;1H. The second-order valence-corrected chi connectivity index (χ2v) is 10.1. The summed E-state index contributed by atoms with van der Waals surface area (Å²) < 4.78 is 41.7. The molecule has 0 aromatic heterocycles. The normalized spacial score (nSPS) is 10.9. The molecule has 0 saturated carbocycles. The van der Waals surface area contributed by atoms with Crippen LogP contribution in [0.2, 0.25) is 0 Å². The topological polar surface area (TPSA) is 95.1 Å². The van der Waals surface area contributed by atoms with Crippen LogP contribution >= 0.6 is 0 Å². The van der Waals surface area contributed by atoms with Gasteiger partial charge in [-0.15, -0.1) is 0 Å². The zero-order valence-corrected chi connectivity index (χ0v) is 23.8. The smallest absolute Gasteiger partial charge is 0.398 e. The monoisotopic (exact) mass is 549 g/mol. The number of hydrogen-bond donors (Lipinski definition) is 3. The highest BCUT2D eigenvalue weighted by Gasteiger charge is 2.42. The number of rotatable bonds is 5. The van der Waals surface area contributed by atoms with E-state index >= 15 is 0 Å². The molecule has 0 aliphatic carbocycles. The Morgan fingerprint density at radius 3 is 1.26 bits per heavy atom. The summed E-state index contributed by atoms with van der Waals surface area (Å²) in [5.41, 5.74) is 22.6. The van der Waals surface area contributed by atoms with Gasteiger partial charge in [-0.3, -0.25) is 4.70 Å². The fourth-order valence-electron chi connectivity index (χ4n) is 4.15. The molecule has 8 heteroatoms. The lowest BCUT2D eigenvalue weighted by Gasteiger charge is -2.24. The van der Waals surface area contributed by atoms with Crippen molar-refractivity contribution < 1.29 is 22.7 Å². The summed E-state index contributed by atoms with van der Waals surface area (Å²) in [5.74, 6) is -1.08. The molecule has 0 atom stereocenters. The van der Waals surface area contributed by atoms with Crippen molar-refractivity contribution >= 4 is 23.3 Å². The molecular weight excluding hydrogens is 506 g/mol. The molecule has 3 aromatic carbocycles. The van der Waals surface area contributed by atoms with Crippen LogP contribution in [0, 0.1) is 0 Å². The van der Waals surface area contributed by atoms with E-state index in [9.17, 15) is 13.2 Å². The Balaban J connectivity index is 0.000000858. The number of aldehydes is 1. The zero-order valence-electron chi connectivity index (χ0n) is 23.8. The summed E-state index contributed by atoms with van der Waals surface area (Å²) in [4.78, 5) is 8.81. The van der Waals surface area contributed by atoms with Crippen LogP contribution in [0.3, 0.4) is 0 Å². The molecule has 0 saturated heterocycles. The Bertz CT molecular complexity index is 1120. The van der Waals surface area contributed by atoms with E-state index in [2.05, 4.69) is 19.9 Å². The molecule has 216 valence electrons. The van der Waals surface area contributed by atoms with Crippen LogP contribution in [-0.2, 0) is 4.79 Å². The Morgan fingerprint density at radius 1 is 0.641 bits per heavy atom. The third-order valence-electron chi connectivity index (χ3n) is 6.08. The first-order valence-electron chi connectivity index (χ1n) is 12.7. The summed E-state index contributed by atoms with van der Waals surface area (Å²) in [7, 11) is 0. The van der Waals surface area contributed by atoms with E-state index in [4.69, 9.17) is 22.0 Å². The Kier molecular flexibility index (Phi) is 14.3. The number of hydrogen-bond acceptors (Lipinski definition) is 4. The average molecular weight is 550 g/mol. The van der Waals surface area contributed by atoms with Gasteiger partial charge in [-0.1, -0.05) is 84.0 Å². The minimum Gasteiger partial charge on any atom is -0.398 e. The van der Waals surface area contributed by atoms with Crippen molar-refractivity contribution in [1.29, 1.82) is 0 Å². The molecule has 0 aliphatic rings. The van der Waals surface area contributed by atoms with E-state index in [-0.39, 0.29) is 27.7 Å². The quantitative estimate of drug-likeness (QED) is 0.169. The molecule has 0 bridgehead atoms. The number of nitrogens with two attached hydrogens (primary N) is 3. The number of carbonyl (C=O) groups is 1. The van der Waals surface area contributed by atoms with Gasteiger partial charge in [0.1, 0.15) is 12.2 Å². The summed E-state index contributed by atoms with van der Waals surface area (Å²) in [6.45, 7) is 13.4. The molecule has 0 unspecified atom stereocenters. The maximum atomic E-state index is 13.9. The van der Waals surface area contributed by atoms with Crippen molar-refractivity contribution in [2.24, 2.45) is 0 Å². The number of benzene rings is 3. The van der Waals surface area contributed by atoms with Crippen molar-refractivity contribution in [3.8, 4) is 0 Å². The molecule has 0 radical (unpaired) electrons. The fraction of sp³-hybridized carbons (Fsp3) is 0.387. The second-order valence-electron chi connectivity index (χ2n) is 10.1. The maximum Gasteiger partial charge on any atom is 0.399 e. The van der Waals surface area contributed by atoms with Crippen LogP contribution in [-0.4, -0.2) is 12.5 Å². The van der Waals surface area contributed by atoms with Crippen LogP contribution in [0.4, 0.5) is 34.9 Å². The largest absolute Gasteiger partial charge is 0.399 e. The number of anilines is 3. The lowest BCUT2D eigenvalue weighted by atomic mass is 9.85. The predicted octanol–water partition coefficient (Wildman–Crippen LogP) is 8.54. The molecule has 0 aliphatic heterocycles. The highest BCUT2D eigenvalue weighted by atomic mass is 19.4. The molecule has 3 aromatic rings. The van der Waals surface area contributed by atoms with Gasteiger partial charge in [0, 0.05) is 17.1 Å². The van der Waals surface area contributed by atoms with Crippen LogP contribution in [0.15, 0.2) is 60.7 Å². The van der Waals surface area contributed by atoms with Gasteiger partial charge in [-0.05, 0) is 70.7 Å². The SMILES string of the molecule is CC(C)c1cc(C(c2ccc(N)c(C(C)C)c2)C(F)(F)F)ccc1N.CC(C)c1ccccc1N.CC=O.F. The Hall–Kier alpha value is -3.55. The van der Waals surface area contributed by atoms with E-state index in [1.807, 2.05) is 45.9 Å². The van der Waals surface area contributed by atoms with Gasteiger partial charge in [-0.25, -0.2) is 0 Å².